The third-order valence-corrected chi connectivity index (χ3v) is 4.86. The maximum absolute atomic E-state index is 12.8. The van der Waals surface area contributed by atoms with Crippen molar-refractivity contribution in [2.24, 2.45) is 0 Å². The van der Waals surface area contributed by atoms with Gasteiger partial charge in [-0.3, -0.25) is 9.59 Å². The molecule has 1 fully saturated rings. The summed E-state index contributed by atoms with van der Waals surface area (Å²) < 4.78 is 11.0. The van der Waals surface area contributed by atoms with Gasteiger partial charge in [-0.05, 0) is 24.1 Å². The molecule has 1 saturated heterocycles. The van der Waals surface area contributed by atoms with Gasteiger partial charge in [0, 0.05) is 19.5 Å². The molecule has 0 unspecified atom stereocenters. The molecule has 1 atom stereocenters. The largest absolute Gasteiger partial charge is 0.493 e. The highest BCUT2D eigenvalue weighted by molar-refractivity contribution is 5.88. The first-order valence-corrected chi connectivity index (χ1v) is 9.36. The Balaban J connectivity index is 1.58. The molecule has 7 heteroatoms. The van der Waals surface area contributed by atoms with Crippen LogP contribution in [0.4, 0.5) is 0 Å². The molecule has 150 valence electrons. The summed E-state index contributed by atoms with van der Waals surface area (Å²) in [4.78, 5) is 28.2. The van der Waals surface area contributed by atoms with E-state index in [4.69, 9.17) is 14.7 Å². The van der Waals surface area contributed by atoms with E-state index in [9.17, 15) is 9.59 Å². The van der Waals surface area contributed by atoms with Crippen LogP contribution in [0.2, 0.25) is 0 Å². The molecular formula is C22H23N3O4. The maximum Gasteiger partial charge on any atom is 0.243 e. The summed E-state index contributed by atoms with van der Waals surface area (Å²) in [7, 11) is 3.23. The SMILES string of the molecule is COc1cc(C#N)ccc1OCCCC(=O)N1CC(=O)N(C)[C@@H]1c1ccccc1. The van der Waals surface area contributed by atoms with Gasteiger partial charge in [0.05, 0.1) is 25.3 Å². The molecule has 2 aromatic carbocycles. The van der Waals surface area contributed by atoms with Crippen LogP contribution in [0.3, 0.4) is 0 Å². The average Bonchev–Trinajstić information content (AvgIpc) is 3.06. The number of rotatable bonds is 7. The Labute approximate surface area is 170 Å². The average molecular weight is 393 g/mol. The summed E-state index contributed by atoms with van der Waals surface area (Å²) in [6.07, 6.45) is 0.386. The van der Waals surface area contributed by atoms with Crippen LogP contribution in [-0.2, 0) is 9.59 Å². The van der Waals surface area contributed by atoms with Gasteiger partial charge in [0.25, 0.3) is 0 Å². The van der Waals surface area contributed by atoms with E-state index in [1.54, 1.807) is 35.0 Å². The van der Waals surface area contributed by atoms with Crippen molar-refractivity contribution in [2.75, 3.05) is 27.3 Å². The van der Waals surface area contributed by atoms with Gasteiger partial charge in [0.2, 0.25) is 11.8 Å². The summed E-state index contributed by atoms with van der Waals surface area (Å²) in [5.41, 5.74) is 1.40. The quantitative estimate of drug-likeness (QED) is 0.676. The maximum atomic E-state index is 12.8. The van der Waals surface area contributed by atoms with Crippen molar-refractivity contribution in [1.29, 1.82) is 5.26 Å². The van der Waals surface area contributed by atoms with Gasteiger partial charge in [-0.15, -0.1) is 0 Å². The van der Waals surface area contributed by atoms with E-state index in [1.807, 2.05) is 36.4 Å². The van der Waals surface area contributed by atoms with Crippen LogP contribution in [0.15, 0.2) is 48.5 Å². The smallest absolute Gasteiger partial charge is 0.243 e. The summed E-state index contributed by atoms with van der Waals surface area (Å²) in [5.74, 6) is 0.834. The van der Waals surface area contributed by atoms with Gasteiger partial charge >= 0.3 is 0 Å². The van der Waals surface area contributed by atoms with Crippen LogP contribution in [0.25, 0.3) is 0 Å². The number of hydrogen-bond donors (Lipinski definition) is 0. The second kappa shape index (κ2) is 9.11. The minimum Gasteiger partial charge on any atom is -0.493 e. The molecule has 1 aliphatic rings. The number of methoxy groups -OCH3 is 1. The number of nitriles is 1. The molecule has 7 nitrogen and oxygen atoms in total. The van der Waals surface area contributed by atoms with E-state index in [0.29, 0.717) is 30.1 Å². The molecule has 1 aliphatic heterocycles. The van der Waals surface area contributed by atoms with E-state index in [-0.39, 0.29) is 30.9 Å². The minimum atomic E-state index is -0.379. The van der Waals surface area contributed by atoms with Crippen LogP contribution >= 0.6 is 0 Å². The molecule has 0 spiro atoms. The monoisotopic (exact) mass is 393 g/mol. The van der Waals surface area contributed by atoms with Crippen LogP contribution in [0.5, 0.6) is 11.5 Å². The Morgan fingerprint density at radius 3 is 2.66 bits per heavy atom. The molecule has 0 saturated carbocycles. The van der Waals surface area contributed by atoms with Gasteiger partial charge in [0.1, 0.15) is 12.7 Å². The van der Waals surface area contributed by atoms with Crippen molar-refractivity contribution in [3.05, 3.63) is 59.7 Å². The molecule has 3 rings (SSSR count). The molecule has 0 radical (unpaired) electrons. The van der Waals surface area contributed by atoms with E-state index in [1.165, 1.54) is 7.11 Å². The Morgan fingerprint density at radius 2 is 1.97 bits per heavy atom. The summed E-state index contributed by atoms with van der Waals surface area (Å²) in [5, 5.41) is 8.95. The Hall–Kier alpha value is -3.53. The van der Waals surface area contributed by atoms with E-state index in [0.717, 1.165) is 5.56 Å². The lowest BCUT2D eigenvalue weighted by molar-refractivity contribution is -0.133. The van der Waals surface area contributed by atoms with Crippen molar-refractivity contribution in [2.45, 2.75) is 19.0 Å². The predicted molar refractivity (Wildman–Crippen MR) is 106 cm³/mol. The summed E-state index contributed by atoms with van der Waals surface area (Å²) in [6, 6.07) is 16.5. The zero-order chi connectivity index (χ0) is 20.8. The van der Waals surface area contributed by atoms with Gasteiger partial charge < -0.3 is 19.3 Å². The molecule has 2 amide bonds. The Morgan fingerprint density at radius 1 is 1.21 bits per heavy atom. The predicted octanol–water partition coefficient (Wildman–Crippen LogP) is 2.73. The third kappa shape index (κ3) is 4.49. The molecule has 0 aromatic heterocycles. The molecule has 29 heavy (non-hydrogen) atoms. The lowest BCUT2D eigenvalue weighted by Gasteiger charge is -2.28. The number of hydrogen-bond acceptors (Lipinski definition) is 5. The Bertz CT molecular complexity index is 923. The molecule has 0 aliphatic carbocycles. The topological polar surface area (TPSA) is 82.9 Å². The fourth-order valence-electron chi connectivity index (χ4n) is 3.35. The number of carbonyl (C=O) groups excluding carboxylic acids is 2. The number of nitrogens with zero attached hydrogens (tertiary/aromatic N) is 3. The number of amides is 2. The van der Waals surface area contributed by atoms with Crippen molar-refractivity contribution in [3.8, 4) is 17.6 Å². The summed E-state index contributed by atoms with van der Waals surface area (Å²) >= 11 is 0. The Kier molecular flexibility index (Phi) is 6.35. The van der Waals surface area contributed by atoms with E-state index >= 15 is 0 Å². The first-order valence-electron chi connectivity index (χ1n) is 9.36. The highest BCUT2D eigenvalue weighted by Gasteiger charge is 2.38. The number of ether oxygens (including phenoxy) is 2. The van der Waals surface area contributed by atoms with E-state index < -0.39 is 0 Å². The van der Waals surface area contributed by atoms with Crippen LogP contribution in [0, 0.1) is 11.3 Å². The van der Waals surface area contributed by atoms with Gasteiger partial charge in [-0.1, -0.05) is 30.3 Å². The van der Waals surface area contributed by atoms with Crippen molar-refractivity contribution < 1.29 is 19.1 Å². The molecular weight excluding hydrogens is 370 g/mol. The van der Waals surface area contributed by atoms with Crippen LogP contribution in [-0.4, -0.2) is 48.9 Å². The molecule has 1 heterocycles. The zero-order valence-corrected chi connectivity index (χ0v) is 16.5. The van der Waals surface area contributed by atoms with Gasteiger partial charge in [-0.25, -0.2) is 0 Å². The van der Waals surface area contributed by atoms with Crippen LogP contribution < -0.4 is 9.47 Å². The number of likely N-dealkylation sites (N-methyl/N-ethyl adjacent to an activating group) is 1. The molecule has 2 aromatic rings. The normalized spacial score (nSPS) is 15.9. The van der Waals surface area contributed by atoms with Gasteiger partial charge in [-0.2, -0.15) is 5.26 Å². The highest BCUT2D eigenvalue weighted by atomic mass is 16.5. The molecule has 0 N–H and O–H groups in total. The number of carbonyl (C=O) groups is 2. The number of benzene rings is 2. The zero-order valence-electron chi connectivity index (χ0n) is 16.5. The van der Waals surface area contributed by atoms with E-state index in [2.05, 4.69) is 0 Å². The lowest BCUT2D eigenvalue weighted by Crippen LogP contribution is -2.34. The standard InChI is InChI=1S/C22H23N3O4/c1-24-21(27)15-25(22(24)17-7-4-3-5-8-17)20(26)9-6-12-29-18-11-10-16(14-23)13-19(18)28-2/h3-5,7-8,10-11,13,22H,6,9,12,15H2,1-2H3/t22-/m0/s1. The highest BCUT2D eigenvalue weighted by Crippen LogP contribution is 2.30. The molecule has 0 bridgehead atoms. The third-order valence-electron chi connectivity index (χ3n) is 4.86. The first kappa shape index (κ1) is 20.2. The fourth-order valence-corrected chi connectivity index (χ4v) is 3.35. The van der Waals surface area contributed by atoms with Crippen molar-refractivity contribution in [1.82, 2.24) is 9.80 Å². The second-order valence-electron chi connectivity index (χ2n) is 6.74. The van der Waals surface area contributed by atoms with Crippen molar-refractivity contribution in [3.63, 3.8) is 0 Å². The fraction of sp³-hybridized carbons (Fsp3) is 0.318. The lowest BCUT2D eigenvalue weighted by atomic mass is 10.1. The van der Waals surface area contributed by atoms with Crippen LogP contribution in [0.1, 0.15) is 30.1 Å². The second-order valence-corrected chi connectivity index (χ2v) is 6.74. The minimum absolute atomic E-state index is 0.0780. The van der Waals surface area contributed by atoms with Crippen molar-refractivity contribution >= 4 is 11.8 Å². The van der Waals surface area contributed by atoms with Gasteiger partial charge in [0.15, 0.2) is 11.5 Å². The summed E-state index contributed by atoms with van der Waals surface area (Å²) in [6.45, 7) is 0.404. The first-order chi connectivity index (χ1) is 14.0.